The summed E-state index contributed by atoms with van der Waals surface area (Å²) in [7, 11) is -2.21. The number of sulfonamides is 1. The standard InChI is InChI=1S/C22H29N5O5S/c1-27(17-8-3-2-4-9-17)33(30,31)19-11-6-5-10-18(19)26-20(28)16-32-21(29)12-15-25-22-23-13-7-14-24-22/h5-7,10-11,13-14,17H,2-4,8-9,12,15-16H2,1H3,(H,26,28)(H,23,24,25). The Morgan fingerprint density at radius 2 is 1.79 bits per heavy atom. The van der Waals surface area contributed by atoms with Crippen molar-refractivity contribution in [2.45, 2.75) is 49.5 Å². The highest BCUT2D eigenvalue weighted by atomic mass is 32.2. The van der Waals surface area contributed by atoms with E-state index >= 15 is 0 Å². The summed E-state index contributed by atoms with van der Waals surface area (Å²) in [5.74, 6) is -0.809. The maximum atomic E-state index is 13.2. The van der Waals surface area contributed by atoms with Gasteiger partial charge in [-0.05, 0) is 31.0 Å². The number of carbonyl (C=O) groups is 2. The molecule has 11 heteroatoms. The third-order valence-corrected chi connectivity index (χ3v) is 7.42. The fourth-order valence-corrected chi connectivity index (χ4v) is 5.22. The topological polar surface area (TPSA) is 131 Å². The molecule has 1 aromatic heterocycles. The lowest BCUT2D eigenvalue weighted by Gasteiger charge is -2.30. The molecule has 1 aliphatic rings. The zero-order chi connectivity index (χ0) is 23.7. The molecule has 0 radical (unpaired) electrons. The molecule has 1 saturated carbocycles. The smallest absolute Gasteiger partial charge is 0.308 e. The molecule has 2 aromatic rings. The van der Waals surface area contributed by atoms with Crippen LogP contribution < -0.4 is 10.6 Å². The molecule has 0 unspecified atom stereocenters. The number of anilines is 2. The van der Waals surface area contributed by atoms with E-state index in [2.05, 4.69) is 20.6 Å². The van der Waals surface area contributed by atoms with E-state index in [0.29, 0.717) is 5.95 Å². The summed E-state index contributed by atoms with van der Waals surface area (Å²) in [6, 6.07) is 7.86. The van der Waals surface area contributed by atoms with Gasteiger partial charge in [0.15, 0.2) is 6.61 Å². The van der Waals surface area contributed by atoms with Gasteiger partial charge < -0.3 is 15.4 Å². The number of benzene rings is 1. The lowest BCUT2D eigenvalue weighted by molar-refractivity contribution is -0.147. The molecule has 1 aliphatic carbocycles. The van der Waals surface area contributed by atoms with Crippen LogP contribution in [0.3, 0.4) is 0 Å². The van der Waals surface area contributed by atoms with Gasteiger partial charge in [-0.25, -0.2) is 18.4 Å². The summed E-state index contributed by atoms with van der Waals surface area (Å²) in [6.07, 6.45) is 7.93. The Morgan fingerprint density at radius 1 is 1.09 bits per heavy atom. The fraction of sp³-hybridized carbons (Fsp3) is 0.455. The highest BCUT2D eigenvalue weighted by molar-refractivity contribution is 7.89. The van der Waals surface area contributed by atoms with Gasteiger partial charge in [0, 0.05) is 32.0 Å². The molecule has 0 atom stereocenters. The summed E-state index contributed by atoms with van der Waals surface area (Å²) >= 11 is 0. The van der Waals surface area contributed by atoms with Crippen LogP contribution in [0.1, 0.15) is 38.5 Å². The van der Waals surface area contributed by atoms with Crippen molar-refractivity contribution in [3.63, 3.8) is 0 Å². The summed E-state index contributed by atoms with van der Waals surface area (Å²) in [4.78, 5) is 32.2. The van der Waals surface area contributed by atoms with Gasteiger partial charge in [-0.15, -0.1) is 0 Å². The van der Waals surface area contributed by atoms with Crippen LogP contribution in [0.2, 0.25) is 0 Å². The summed E-state index contributed by atoms with van der Waals surface area (Å²) in [6.45, 7) is -0.271. The summed E-state index contributed by atoms with van der Waals surface area (Å²) < 4.78 is 32.8. The van der Waals surface area contributed by atoms with Crippen LogP contribution in [0.4, 0.5) is 11.6 Å². The molecule has 33 heavy (non-hydrogen) atoms. The van der Waals surface area contributed by atoms with E-state index in [0.717, 1.165) is 32.1 Å². The second-order valence-electron chi connectivity index (χ2n) is 7.77. The average Bonchev–Trinajstić information content (AvgIpc) is 2.84. The van der Waals surface area contributed by atoms with Gasteiger partial charge >= 0.3 is 5.97 Å². The maximum Gasteiger partial charge on any atom is 0.308 e. The van der Waals surface area contributed by atoms with Gasteiger partial charge in [0.2, 0.25) is 16.0 Å². The number of hydrogen-bond acceptors (Lipinski definition) is 8. The molecule has 3 rings (SSSR count). The Balaban J connectivity index is 1.53. The number of nitrogens with zero attached hydrogens (tertiary/aromatic N) is 3. The van der Waals surface area contributed by atoms with Gasteiger partial charge in [0.05, 0.1) is 12.1 Å². The van der Waals surface area contributed by atoms with Crippen molar-refractivity contribution in [1.29, 1.82) is 0 Å². The van der Waals surface area contributed by atoms with Crippen LogP contribution in [0.5, 0.6) is 0 Å². The van der Waals surface area contributed by atoms with Crippen LogP contribution >= 0.6 is 0 Å². The Hall–Kier alpha value is -3.05. The third-order valence-electron chi connectivity index (χ3n) is 5.45. The Morgan fingerprint density at radius 3 is 2.52 bits per heavy atom. The molecule has 2 N–H and O–H groups in total. The quantitative estimate of drug-likeness (QED) is 0.501. The molecule has 1 fully saturated rings. The molecule has 0 saturated heterocycles. The molecule has 1 heterocycles. The summed E-state index contributed by atoms with van der Waals surface area (Å²) in [5, 5.41) is 5.42. The summed E-state index contributed by atoms with van der Waals surface area (Å²) in [5.41, 5.74) is 0.157. The first-order valence-electron chi connectivity index (χ1n) is 10.9. The van der Waals surface area contributed by atoms with Crippen LogP contribution in [0.25, 0.3) is 0 Å². The predicted molar refractivity (Wildman–Crippen MR) is 123 cm³/mol. The van der Waals surface area contributed by atoms with Crippen LogP contribution in [-0.4, -0.2) is 60.8 Å². The first kappa shape index (κ1) is 24.6. The second kappa shape index (κ2) is 11.7. The zero-order valence-electron chi connectivity index (χ0n) is 18.6. The molecule has 0 bridgehead atoms. The predicted octanol–water partition coefficient (Wildman–Crippen LogP) is 2.41. The Bertz CT molecular complexity index is 1040. The van der Waals surface area contributed by atoms with E-state index in [-0.39, 0.29) is 29.6 Å². The lowest BCUT2D eigenvalue weighted by Crippen LogP contribution is -2.38. The minimum absolute atomic E-state index is 0.0166. The molecule has 10 nitrogen and oxygen atoms in total. The largest absolute Gasteiger partial charge is 0.456 e. The molecule has 1 aromatic carbocycles. The first-order chi connectivity index (χ1) is 15.9. The lowest BCUT2D eigenvalue weighted by atomic mass is 9.96. The normalized spacial score (nSPS) is 14.6. The second-order valence-corrected chi connectivity index (χ2v) is 9.73. The highest BCUT2D eigenvalue weighted by Crippen LogP contribution is 2.29. The molecule has 0 spiro atoms. The number of hydrogen-bond donors (Lipinski definition) is 2. The Labute approximate surface area is 193 Å². The molecule has 0 aliphatic heterocycles. The third kappa shape index (κ3) is 6.96. The minimum atomic E-state index is -3.79. The van der Waals surface area contributed by atoms with Crippen molar-refractivity contribution < 1.29 is 22.7 Å². The number of para-hydroxylation sites is 1. The number of amides is 1. The molecular weight excluding hydrogens is 446 g/mol. The van der Waals surface area contributed by atoms with Crippen molar-refractivity contribution in [2.24, 2.45) is 0 Å². The number of esters is 1. The molecular formula is C22H29N5O5S. The maximum absolute atomic E-state index is 13.2. The molecule has 178 valence electrons. The van der Waals surface area contributed by atoms with Gasteiger partial charge in [-0.1, -0.05) is 31.4 Å². The SMILES string of the molecule is CN(C1CCCCC1)S(=O)(=O)c1ccccc1NC(=O)COC(=O)CCNc1ncccn1. The van der Waals surface area contributed by atoms with E-state index in [1.54, 1.807) is 37.6 Å². The van der Waals surface area contributed by atoms with Crippen LogP contribution in [0.15, 0.2) is 47.6 Å². The number of ether oxygens (including phenoxy) is 1. The van der Waals surface area contributed by atoms with Gasteiger partial charge in [-0.2, -0.15) is 4.31 Å². The Kier molecular flexibility index (Phi) is 8.72. The van der Waals surface area contributed by atoms with Crippen molar-refractivity contribution in [3.8, 4) is 0 Å². The number of carbonyl (C=O) groups excluding carboxylic acids is 2. The number of rotatable bonds is 10. The average molecular weight is 476 g/mol. The van der Waals surface area contributed by atoms with Crippen molar-refractivity contribution in [1.82, 2.24) is 14.3 Å². The van der Waals surface area contributed by atoms with Crippen molar-refractivity contribution in [3.05, 3.63) is 42.7 Å². The van der Waals surface area contributed by atoms with Gasteiger partial charge in [0.25, 0.3) is 5.91 Å². The van der Waals surface area contributed by atoms with E-state index in [1.807, 2.05) is 0 Å². The van der Waals surface area contributed by atoms with E-state index in [4.69, 9.17) is 4.74 Å². The van der Waals surface area contributed by atoms with Crippen LogP contribution in [0, 0.1) is 0 Å². The van der Waals surface area contributed by atoms with Gasteiger partial charge in [-0.3, -0.25) is 9.59 Å². The van der Waals surface area contributed by atoms with Gasteiger partial charge in [0.1, 0.15) is 4.90 Å². The van der Waals surface area contributed by atoms with E-state index in [1.165, 1.54) is 16.4 Å². The molecule has 1 amide bonds. The van der Waals surface area contributed by atoms with E-state index in [9.17, 15) is 18.0 Å². The van der Waals surface area contributed by atoms with Crippen molar-refractivity contribution >= 4 is 33.5 Å². The fourth-order valence-electron chi connectivity index (χ4n) is 3.66. The first-order valence-corrected chi connectivity index (χ1v) is 12.4. The number of nitrogens with one attached hydrogen (secondary N) is 2. The highest BCUT2D eigenvalue weighted by Gasteiger charge is 2.31. The van der Waals surface area contributed by atoms with Crippen molar-refractivity contribution in [2.75, 3.05) is 30.8 Å². The van der Waals surface area contributed by atoms with E-state index < -0.39 is 28.5 Å². The zero-order valence-corrected chi connectivity index (χ0v) is 19.4. The van der Waals surface area contributed by atoms with Crippen LogP contribution in [-0.2, 0) is 24.3 Å². The minimum Gasteiger partial charge on any atom is -0.456 e. The number of aromatic nitrogens is 2. The monoisotopic (exact) mass is 475 g/mol.